The van der Waals surface area contributed by atoms with Crippen LogP contribution in [0.3, 0.4) is 0 Å². The summed E-state index contributed by atoms with van der Waals surface area (Å²) in [5, 5.41) is 15.1. The highest BCUT2D eigenvalue weighted by molar-refractivity contribution is 7.99. The average Bonchev–Trinajstić information content (AvgIpc) is 3.32. The first kappa shape index (κ1) is 21.6. The van der Waals surface area contributed by atoms with Crippen molar-refractivity contribution in [1.82, 2.24) is 19.7 Å². The van der Waals surface area contributed by atoms with Gasteiger partial charge in [-0.25, -0.2) is 4.98 Å². The van der Waals surface area contributed by atoms with Crippen molar-refractivity contribution < 1.29 is 9.53 Å². The number of carbonyl (C=O) groups excluding carboxylic acids is 1. The predicted octanol–water partition coefficient (Wildman–Crippen LogP) is 5.10. The fourth-order valence-electron chi connectivity index (χ4n) is 2.39. The highest BCUT2D eigenvalue weighted by atomic mass is 35.5. The van der Waals surface area contributed by atoms with Crippen molar-refractivity contribution in [3.05, 3.63) is 58.3 Å². The predicted molar refractivity (Wildman–Crippen MR) is 117 cm³/mol. The molecule has 1 aromatic carbocycles. The van der Waals surface area contributed by atoms with Crippen LogP contribution in [0.5, 0.6) is 5.75 Å². The first-order valence-corrected chi connectivity index (χ1v) is 11.1. The lowest BCUT2D eigenvalue weighted by Gasteiger charge is -2.16. The first-order valence-electron chi connectivity index (χ1n) is 8.45. The minimum atomic E-state index is -0.431. The summed E-state index contributed by atoms with van der Waals surface area (Å²) in [6.07, 6.45) is 2.93. The van der Waals surface area contributed by atoms with E-state index in [1.54, 1.807) is 35.9 Å². The molecule has 11 heteroatoms. The quantitative estimate of drug-likeness (QED) is 0.346. The lowest BCUT2D eigenvalue weighted by Crippen LogP contribution is -2.15. The number of ether oxygens (including phenoxy) is 1. The zero-order chi connectivity index (χ0) is 20.8. The molecule has 3 aromatic rings. The van der Waals surface area contributed by atoms with Crippen LogP contribution < -0.4 is 10.1 Å². The maximum absolute atomic E-state index is 12.1. The Morgan fingerprint density at radius 2 is 2.28 bits per heavy atom. The van der Waals surface area contributed by atoms with Crippen molar-refractivity contribution in [2.75, 3.05) is 11.1 Å². The fraction of sp³-hybridized carbons (Fsp3) is 0.222. The summed E-state index contributed by atoms with van der Waals surface area (Å²) in [6, 6.07) is 5.02. The zero-order valence-corrected chi connectivity index (χ0v) is 18.5. The Kier molecular flexibility index (Phi) is 7.54. The molecule has 0 radical (unpaired) electrons. The molecular weight excluding hydrogens is 453 g/mol. The molecule has 0 aliphatic rings. The number of hydrogen-bond donors (Lipinski definition) is 1. The van der Waals surface area contributed by atoms with Crippen LogP contribution in [0.15, 0.2) is 47.6 Å². The number of nitrogens with zero attached hydrogens (tertiary/aromatic N) is 4. The van der Waals surface area contributed by atoms with E-state index < -0.39 is 6.10 Å². The minimum absolute atomic E-state index is 0.170. The van der Waals surface area contributed by atoms with Crippen LogP contribution in [0.2, 0.25) is 10.0 Å². The van der Waals surface area contributed by atoms with E-state index in [2.05, 4.69) is 27.1 Å². The van der Waals surface area contributed by atoms with Gasteiger partial charge in [-0.05, 0) is 25.1 Å². The van der Waals surface area contributed by atoms with Gasteiger partial charge in [-0.2, -0.15) is 0 Å². The van der Waals surface area contributed by atoms with Gasteiger partial charge in [0.25, 0.3) is 0 Å². The molecule has 2 heterocycles. The van der Waals surface area contributed by atoms with Crippen LogP contribution in [-0.2, 0) is 11.3 Å². The molecule has 1 N–H and O–H groups in total. The van der Waals surface area contributed by atoms with E-state index in [1.165, 1.54) is 23.1 Å². The van der Waals surface area contributed by atoms with Gasteiger partial charge in [-0.1, -0.05) is 41.0 Å². The maximum atomic E-state index is 12.1. The lowest BCUT2D eigenvalue weighted by molar-refractivity contribution is -0.113. The molecule has 152 valence electrons. The largest absolute Gasteiger partial charge is 0.481 e. The number of carbonyl (C=O) groups is 1. The number of nitrogens with one attached hydrogen (secondary N) is 1. The van der Waals surface area contributed by atoms with Gasteiger partial charge in [-0.15, -0.1) is 28.1 Å². The Labute approximate surface area is 186 Å². The van der Waals surface area contributed by atoms with E-state index in [9.17, 15) is 4.79 Å². The smallest absolute Gasteiger partial charge is 0.236 e. The van der Waals surface area contributed by atoms with Gasteiger partial charge in [0.2, 0.25) is 5.91 Å². The number of halogens is 2. The molecule has 3 rings (SSSR count). The van der Waals surface area contributed by atoms with Crippen molar-refractivity contribution in [1.29, 1.82) is 0 Å². The molecule has 0 aliphatic carbocycles. The molecule has 0 bridgehead atoms. The number of rotatable bonds is 9. The Morgan fingerprint density at radius 1 is 1.45 bits per heavy atom. The van der Waals surface area contributed by atoms with Crippen molar-refractivity contribution in [2.45, 2.75) is 24.7 Å². The summed E-state index contributed by atoms with van der Waals surface area (Å²) in [4.78, 5) is 16.1. The van der Waals surface area contributed by atoms with E-state index in [1.807, 2.05) is 11.5 Å². The molecule has 7 nitrogen and oxygen atoms in total. The number of benzene rings is 1. The second-order valence-corrected chi connectivity index (χ2v) is 8.43. The van der Waals surface area contributed by atoms with Crippen LogP contribution in [0, 0.1) is 0 Å². The molecule has 0 saturated carbocycles. The Balaban J connectivity index is 1.70. The zero-order valence-electron chi connectivity index (χ0n) is 15.3. The van der Waals surface area contributed by atoms with Crippen molar-refractivity contribution >= 4 is 57.3 Å². The normalized spacial score (nSPS) is 11.8. The molecule has 1 atom stereocenters. The number of allylic oxidation sites excluding steroid dienone is 1. The van der Waals surface area contributed by atoms with Crippen LogP contribution >= 0.6 is 46.3 Å². The molecular formula is C18H17Cl2N5O2S2. The minimum Gasteiger partial charge on any atom is -0.481 e. The number of thiazole rings is 1. The Hall–Kier alpha value is -2.07. The standard InChI is InChI=1S/C18H17Cl2N5O2S2/c1-3-7-25-16(11(2)27-14-5-4-12(19)9-13(14)20)23-24-18(25)29-10-15(26)22-17-21-6-8-28-17/h3-6,8-9,11H,1,7,10H2,2H3,(H,21,22,26). The number of hydrogen-bond acceptors (Lipinski definition) is 7. The average molecular weight is 470 g/mol. The molecule has 0 spiro atoms. The second kappa shape index (κ2) is 10.1. The number of anilines is 1. The number of aromatic nitrogens is 4. The van der Waals surface area contributed by atoms with Crippen LogP contribution in [0.4, 0.5) is 5.13 Å². The molecule has 0 fully saturated rings. The third-order valence-corrected chi connectivity index (χ3v) is 5.82. The van der Waals surface area contributed by atoms with Crippen molar-refractivity contribution in [3.8, 4) is 5.75 Å². The van der Waals surface area contributed by atoms with Crippen molar-refractivity contribution in [3.63, 3.8) is 0 Å². The maximum Gasteiger partial charge on any atom is 0.236 e. The van der Waals surface area contributed by atoms with Gasteiger partial charge in [0.05, 0.1) is 10.8 Å². The van der Waals surface area contributed by atoms with Gasteiger partial charge in [0, 0.05) is 23.1 Å². The summed E-state index contributed by atoms with van der Waals surface area (Å²) in [5.74, 6) is 1.09. The number of thioether (sulfide) groups is 1. The summed E-state index contributed by atoms with van der Waals surface area (Å²) in [7, 11) is 0. The molecule has 1 amide bonds. The molecule has 29 heavy (non-hydrogen) atoms. The van der Waals surface area contributed by atoms with Gasteiger partial charge >= 0.3 is 0 Å². The Morgan fingerprint density at radius 3 is 2.97 bits per heavy atom. The summed E-state index contributed by atoms with van der Waals surface area (Å²) in [6.45, 7) is 6.10. The van der Waals surface area contributed by atoms with E-state index in [0.717, 1.165) is 0 Å². The summed E-state index contributed by atoms with van der Waals surface area (Å²) in [5.41, 5.74) is 0. The molecule has 2 aromatic heterocycles. The summed E-state index contributed by atoms with van der Waals surface area (Å²) >= 11 is 14.8. The first-order chi connectivity index (χ1) is 14.0. The highest BCUT2D eigenvalue weighted by Gasteiger charge is 2.20. The Bertz CT molecular complexity index is 994. The lowest BCUT2D eigenvalue weighted by atomic mass is 10.3. The van der Waals surface area contributed by atoms with E-state index in [0.29, 0.717) is 38.5 Å². The molecule has 0 saturated heterocycles. The second-order valence-electron chi connectivity index (χ2n) is 5.75. The van der Waals surface area contributed by atoms with Crippen LogP contribution in [0.25, 0.3) is 0 Å². The number of amides is 1. The molecule has 0 aliphatic heterocycles. The SMILES string of the molecule is C=CCn1c(SCC(=O)Nc2nccs2)nnc1C(C)Oc1ccc(Cl)cc1Cl. The van der Waals surface area contributed by atoms with Crippen LogP contribution in [0.1, 0.15) is 18.9 Å². The topological polar surface area (TPSA) is 81.9 Å². The fourth-order valence-corrected chi connectivity index (χ4v) is 4.15. The third-order valence-electron chi connectivity index (χ3n) is 3.63. The summed E-state index contributed by atoms with van der Waals surface area (Å²) < 4.78 is 7.79. The van der Waals surface area contributed by atoms with Gasteiger partial charge < -0.3 is 10.1 Å². The van der Waals surface area contributed by atoms with E-state index in [-0.39, 0.29) is 11.7 Å². The van der Waals surface area contributed by atoms with Gasteiger partial charge in [0.15, 0.2) is 22.2 Å². The van der Waals surface area contributed by atoms with E-state index in [4.69, 9.17) is 27.9 Å². The monoisotopic (exact) mass is 469 g/mol. The third kappa shape index (κ3) is 5.72. The highest BCUT2D eigenvalue weighted by Crippen LogP contribution is 2.31. The van der Waals surface area contributed by atoms with Crippen LogP contribution in [-0.4, -0.2) is 31.4 Å². The van der Waals surface area contributed by atoms with Gasteiger partial charge in [0.1, 0.15) is 5.75 Å². The van der Waals surface area contributed by atoms with Crippen molar-refractivity contribution in [2.24, 2.45) is 0 Å². The molecule has 1 unspecified atom stereocenters. The van der Waals surface area contributed by atoms with Gasteiger partial charge in [-0.3, -0.25) is 9.36 Å². The van der Waals surface area contributed by atoms with E-state index >= 15 is 0 Å².